The summed E-state index contributed by atoms with van der Waals surface area (Å²) >= 11 is 1.52. The Balaban J connectivity index is 2.33. The van der Waals surface area contributed by atoms with Gasteiger partial charge in [0.25, 0.3) is 23.3 Å². The zero-order valence-corrected chi connectivity index (χ0v) is 10.1. The average molecular weight is 268 g/mol. The summed E-state index contributed by atoms with van der Waals surface area (Å²) < 4.78 is 0.533. The molecular formula is C9H12N6O2S. The minimum absolute atomic E-state index is 0.108. The van der Waals surface area contributed by atoms with Gasteiger partial charge in [-0.25, -0.2) is 9.46 Å². The number of nitrogens with zero attached hydrogens (tertiary/aromatic N) is 2. The van der Waals surface area contributed by atoms with E-state index in [-0.39, 0.29) is 22.2 Å². The SMILES string of the molecule is Nc1c(N)[n+]([O-])c(NCc2ccsc2)c(N)[n+]1[O-]. The molecule has 7 N–H and O–H groups in total. The molecule has 0 spiro atoms. The highest BCUT2D eigenvalue weighted by molar-refractivity contribution is 7.07. The van der Waals surface area contributed by atoms with Crippen LogP contribution in [0.2, 0.25) is 0 Å². The molecule has 18 heavy (non-hydrogen) atoms. The monoisotopic (exact) mass is 268 g/mol. The zero-order chi connectivity index (χ0) is 13.3. The maximum atomic E-state index is 11.7. The van der Waals surface area contributed by atoms with Crippen molar-refractivity contribution in [1.82, 2.24) is 0 Å². The Bertz CT molecular complexity index is 542. The number of thiophene rings is 1. The molecule has 0 radical (unpaired) electrons. The molecule has 0 aromatic carbocycles. The van der Waals surface area contributed by atoms with E-state index < -0.39 is 5.82 Å². The fourth-order valence-corrected chi connectivity index (χ4v) is 2.07. The van der Waals surface area contributed by atoms with Gasteiger partial charge in [0.05, 0.1) is 6.54 Å². The summed E-state index contributed by atoms with van der Waals surface area (Å²) in [6.45, 7) is 0.360. The van der Waals surface area contributed by atoms with Crippen molar-refractivity contribution in [3.63, 3.8) is 0 Å². The van der Waals surface area contributed by atoms with Crippen LogP contribution in [0.1, 0.15) is 5.56 Å². The van der Waals surface area contributed by atoms with Crippen molar-refractivity contribution in [3.8, 4) is 0 Å². The van der Waals surface area contributed by atoms with E-state index in [1.54, 1.807) is 0 Å². The van der Waals surface area contributed by atoms with Crippen LogP contribution in [-0.2, 0) is 6.54 Å². The molecule has 2 heterocycles. The van der Waals surface area contributed by atoms with E-state index in [1.807, 2.05) is 16.8 Å². The molecule has 0 fully saturated rings. The fraction of sp³-hybridized carbons (Fsp3) is 0.111. The van der Waals surface area contributed by atoms with Crippen LogP contribution in [0, 0.1) is 10.4 Å². The maximum absolute atomic E-state index is 11.7. The predicted octanol–water partition coefficient (Wildman–Crippen LogP) is -0.626. The van der Waals surface area contributed by atoms with Crippen LogP contribution in [0.25, 0.3) is 0 Å². The Morgan fingerprint density at radius 3 is 2.39 bits per heavy atom. The topological polar surface area (TPSA) is 144 Å². The van der Waals surface area contributed by atoms with Gasteiger partial charge in [0.2, 0.25) is 0 Å². The molecule has 0 saturated carbocycles. The van der Waals surface area contributed by atoms with E-state index in [0.29, 0.717) is 11.3 Å². The summed E-state index contributed by atoms with van der Waals surface area (Å²) in [5.41, 5.74) is 17.2. The molecule has 0 saturated heterocycles. The summed E-state index contributed by atoms with van der Waals surface area (Å²) in [4.78, 5) is 0. The number of anilines is 4. The number of rotatable bonds is 3. The van der Waals surface area contributed by atoms with Crippen LogP contribution in [0.4, 0.5) is 23.3 Å². The third-order valence-corrected chi connectivity index (χ3v) is 3.14. The van der Waals surface area contributed by atoms with Crippen molar-refractivity contribution in [1.29, 1.82) is 0 Å². The van der Waals surface area contributed by atoms with Gasteiger partial charge in [-0.05, 0) is 22.4 Å². The Morgan fingerprint density at radius 1 is 1.11 bits per heavy atom. The Labute approximate surface area is 106 Å². The van der Waals surface area contributed by atoms with Crippen molar-refractivity contribution in [2.24, 2.45) is 0 Å². The van der Waals surface area contributed by atoms with Gasteiger partial charge in [0.15, 0.2) is 0 Å². The predicted molar refractivity (Wildman–Crippen MR) is 69.2 cm³/mol. The van der Waals surface area contributed by atoms with E-state index in [0.717, 1.165) is 5.56 Å². The molecule has 96 valence electrons. The van der Waals surface area contributed by atoms with E-state index in [2.05, 4.69) is 5.32 Å². The summed E-state index contributed by atoms with van der Waals surface area (Å²) in [7, 11) is 0. The first-order valence-corrected chi connectivity index (χ1v) is 5.91. The average Bonchev–Trinajstić information content (AvgIpc) is 2.87. The van der Waals surface area contributed by atoms with Crippen LogP contribution in [0.5, 0.6) is 0 Å². The van der Waals surface area contributed by atoms with Crippen LogP contribution in [0.15, 0.2) is 16.8 Å². The summed E-state index contributed by atoms with van der Waals surface area (Å²) in [6.07, 6.45) is 0. The molecular weight excluding hydrogens is 256 g/mol. The molecule has 9 heteroatoms. The number of aromatic nitrogens is 2. The van der Waals surface area contributed by atoms with Crippen molar-refractivity contribution in [2.45, 2.75) is 6.54 Å². The molecule has 0 amide bonds. The van der Waals surface area contributed by atoms with Crippen LogP contribution in [0.3, 0.4) is 0 Å². The number of nitrogens with two attached hydrogens (primary N) is 3. The lowest BCUT2D eigenvalue weighted by Gasteiger charge is -2.19. The highest BCUT2D eigenvalue weighted by atomic mass is 32.1. The molecule has 0 aliphatic carbocycles. The number of hydrogen-bond acceptors (Lipinski definition) is 7. The van der Waals surface area contributed by atoms with Gasteiger partial charge in [-0.15, -0.1) is 0 Å². The van der Waals surface area contributed by atoms with Crippen LogP contribution >= 0.6 is 11.3 Å². The van der Waals surface area contributed by atoms with Crippen molar-refractivity contribution < 1.29 is 9.46 Å². The smallest absolute Gasteiger partial charge is 0.296 e. The Hall–Kier alpha value is -2.42. The van der Waals surface area contributed by atoms with E-state index in [1.165, 1.54) is 11.3 Å². The molecule has 0 atom stereocenters. The fourth-order valence-electron chi connectivity index (χ4n) is 1.40. The molecule has 0 aliphatic heterocycles. The van der Waals surface area contributed by atoms with Gasteiger partial charge in [0.1, 0.15) is 0 Å². The first-order chi connectivity index (χ1) is 8.52. The summed E-state index contributed by atoms with van der Waals surface area (Å²) in [5.74, 6) is -1.22. The van der Waals surface area contributed by atoms with Gasteiger partial charge >= 0.3 is 0 Å². The van der Waals surface area contributed by atoms with Gasteiger partial charge < -0.3 is 27.6 Å². The largest absolute Gasteiger partial charge is 0.740 e. The Kier molecular flexibility index (Phi) is 2.98. The minimum Gasteiger partial charge on any atom is -0.740 e. The minimum atomic E-state index is -0.413. The lowest BCUT2D eigenvalue weighted by atomic mass is 10.3. The molecule has 0 aliphatic rings. The second-order valence-electron chi connectivity index (χ2n) is 3.58. The lowest BCUT2D eigenvalue weighted by Crippen LogP contribution is -2.46. The van der Waals surface area contributed by atoms with Crippen molar-refractivity contribution in [3.05, 3.63) is 32.8 Å². The first-order valence-electron chi connectivity index (χ1n) is 4.96. The highest BCUT2D eigenvalue weighted by Gasteiger charge is 2.20. The van der Waals surface area contributed by atoms with Crippen molar-refractivity contribution >= 4 is 34.6 Å². The van der Waals surface area contributed by atoms with Crippen LogP contribution in [-0.4, -0.2) is 0 Å². The van der Waals surface area contributed by atoms with E-state index in [9.17, 15) is 10.4 Å². The quantitative estimate of drug-likeness (QED) is 0.431. The maximum Gasteiger partial charge on any atom is 0.296 e. The number of hydrogen-bond donors (Lipinski definition) is 4. The van der Waals surface area contributed by atoms with Crippen molar-refractivity contribution in [2.75, 3.05) is 22.5 Å². The van der Waals surface area contributed by atoms with Gasteiger partial charge in [0, 0.05) is 0 Å². The number of nitrogen functional groups attached to an aromatic ring is 3. The third kappa shape index (κ3) is 1.91. The van der Waals surface area contributed by atoms with Gasteiger partial charge in [-0.2, -0.15) is 11.3 Å². The third-order valence-electron chi connectivity index (χ3n) is 2.40. The molecule has 0 bridgehead atoms. The number of nitrogens with one attached hydrogen (secondary N) is 1. The lowest BCUT2D eigenvalue weighted by molar-refractivity contribution is -0.623. The second-order valence-corrected chi connectivity index (χ2v) is 4.36. The highest BCUT2D eigenvalue weighted by Crippen LogP contribution is 2.16. The molecule has 2 aromatic heterocycles. The zero-order valence-electron chi connectivity index (χ0n) is 9.29. The standard InChI is InChI=1S/C9H12N6O2S/c10-6-7(11)15(17)9(8(12)14(6)16)13-3-5-1-2-18-4-5/h1-2,4,13H,3,10-12H2. The molecule has 0 unspecified atom stereocenters. The van der Waals surface area contributed by atoms with E-state index >= 15 is 0 Å². The Morgan fingerprint density at radius 2 is 1.78 bits per heavy atom. The molecule has 2 aromatic rings. The summed E-state index contributed by atoms with van der Waals surface area (Å²) in [5, 5.41) is 29.8. The van der Waals surface area contributed by atoms with Gasteiger partial charge in [-0.3, -0.25) is 5.32 Å². The van der Waals surface area contributed by atoms with E-state index in [4.69, 9.17) is 17.2 Å². The van der Waals surface area contributed by atoms with Gasteiger partial charge in [-0.1, -0.05) is 0 Å². The summed E-state index contributed by atoms with van der Waals surface area (Å²) in [6, 6.07) is 1.88. The molecule has 8 nitrogen and oxygen atoms in total. The second kappa shape index (κ2) is 4.45. The normalized spacial score (nSPS) is 10.4. The first kappa shape index (κ1) is 12.0. The molecule has 2 rings (SSSR count). The van der Waals surface area contributed by atoms with Crippen LogP contribution < -0.4 is 32.0 Å².